The fraction of sp³-hybridized carbons (Fsp3) is 0.533. The van der Waals surface area contributed by atoms with Crippen molar-refractivity contribution in [2.75, 3.05) is 11.9 Å². The smallest absolute Gasteiger partial charge is 0.322 e. The average Bonchev–Trinajstić information content (AvgIpc) is 2.44. The normalized spacial score (nSPS) is 22.4. The van der Waals surface area contributed by atoms with E-state index < -0.39 is 0 Å². The van der Waals surface area contributed by atoms with Gasteiger partial charge in [0.15, 0.2) is 0 Å². The van der Waals surface area contributed by atoms with E-state index >= 15 is 0 Å². The molecule has 1 saturated carbocycles. The second-order valence-corrected chi connectivity index (χ2v) is 5.73. The number of hydrogen-bond acceptors (Lipinski definition) is 2. The van der Waals surface area contributed by atoms with Gasteiger partial charge in [0.2, 0.25) is 0 Å². The van der Waals surface area contributed by atoms with Crippen molar-refractivity contribution in [3.05, 3.63) is 29.3 Å². The number of anilines is 1. The molecule has 0 unspecified atom stereocenters. The van der Waals surface area contributed by atoms with Crippen molar-refractivity contribution in [3.63, 3.8) is 0 Å². The lowest BCUT2D eigenvalue weighted by atomic mass is 9.91. The summed E-state index contributed by atoms with van der Waals surface area (Å²) in [5, 5.41) is 3.59. The zero-order valence-corrected chi connectivity index (χ0v) is 12.6. The van der Waals surface area contributed by atoms with Gasteiger partial charge in [-0.05, 0) is 56.9 Å². The zero-order valence-electron chi connectivity index (χ0n) is 11.8. The quantitative estimate of drug-likeness (QED) is 0.897. The van der Waals surface area contributed by atoms with E-state index in [-0.39, 0.29) is 6.03 Å². The number of benzene rings is 1. The van der Waals surface area contributed by atoms with Gasteiger partial charge in [-0.3, -0.25) is 0 Å². The summed E-state index contributed by atoms with van der Waals surface area (Å²) in [6.07, 6.45) is 3.97. The molecule has 0 saturated heterocycles. The van der Waals surface area contributed by atoms with Crippen LogP contribution in [0, 0.1) is 0 Å². The number of carbonyl (C=O) groups excluding carboxylic acids is 1. The molecule has 1 aliphatic rings. The van der Waals surface area contributed by atoms with E-state index in [2.05, 4.69) is 5.32 Å². The lowest BCUT2D eigenvalue weighted by Gasteiger charge is -2.35. The van der Waals surface area contributed by atoms with Crippen molar-refractivity contribution in [1.29, 1.82) is 0 Å². The van der Waals surface area contributed by atoms with E-state index in [0.717, 1.165) is 31.4 Å². The van der Waals surface area contributed by atoms with Crippen LogP contribution < -0.4 is 11.1 Å². The molecule has 3 N–H and O–H groups in total. The molecule has 110 valence electrons. The van der Waals surface area contributed by atoms with Crippen molar-refractivity contribution in [2.45, 2.75) is 44.7 Å². The Kier molecular flexibility index (Phi) is 5.26. The summed E-state index contributed by atoms with van der Waals surface area (Å²) in [6, 6.07) is 7.71. The fourth-order valence-corrected chi connectivity index (χ4v) is 2.84. The van der Waals surface area contributed by atoms with Gasteiger partial charge in [-0.2, -0.15) is 0 Å². The Labute approximate surface area is 125 Å². The van der Waals surface area contributed by atoms with E-state index in [9.17, 15) is 4.79 Å². The molecule has 1 aliphatic carbocycles. The highest BCUT2D eigenvalue weighted by molar-refractivity contribution is 6.30. The van der Waals surface area contributed by atoms with Gasteiger partial charge in [-0.25, -0.2) is 4.79 Å². The van der Waals surface area contributed by atoms with Gasteiger partial charge >= 0.3 is 6.03 Å². The highest BCUT2D eigenvalue weighted by atomic mass is 35.5. The summed E-state index contributed by atoms with van der Waals surface area (Å²) >= 11 is 5.84. The molecule has 1 fully saturated rings. The van der Waals surface area contributed by atoms with E-state index in [1.54, 1.807) is 12.1 Å². The highest BCUT2D eigenvalue weighted by Crippen LogP contribution is 2.23. The van der Waals surface area contributed by atoms with Crippen LogP contribution in [0.1, 0.15) is 32.6 Å². The molecule has 1 aromatic rings. The molecule has 5 heteroatoms. The zero-order chi connectivity index (χ0) is 14.5. The van der Waals surface area contributed by atoms with Crippen molar-refractivity contribution >= 4 is 23.3 Å². The van der Waals surface area contributed by atoms with Crippen LogP contribution in [-0.2, 0) is 0 Å². The Morgan fingerprint density at radius 3 is 2.45 bits per heavy atom. The first kappa shape index (κ1) is 15.1. The molecule has 4 nitrogen and oxygen atoms in total. The van der Waals surface area contributed by atoms with Crippen LogP contribution in [0.4, 0.5) is 10.5 Å². The summed E-state index contributed by atoms with van der Waals surface area (Å²) < 4.78 is 0. The molecule has 0 spiro atoms. The Balaban J connectivity index is 1.96. The number of amides is 2. The molecule has 1 aromatic carbocycles. The molecule has 0 bridgehead atoms. The number of halogens is 1. The largest absolute Gasteiger partial charge is 0.328 e. The van der Waals surface area contributed by atoms with Crippen molar-refractivity contribution in [2.24, 2.45) is 5.73 Å². The summed E-state index contributed by atoms with van der Waals surface area (Å²) in [7, 11) is 0. The van der Waals surface area contributed by atoms with Crippen LogP contribution in [-0.4, -0.2) is 29.6 Å². The number of nitrogens with one attached hydrogen (secondary N) is 1. The van der Waals surface area contributed by atoms with Crippen molar-refractivity contribution in [1.82, 2.24) is 4.90 Å². The van der Waals surface area contributed by atoms with E-state index in [4.69, 9.17) is 17.3 Å². The second-order valence-electron chi connectivity index (χ2n) is 5.29. The van der Waals surface area contributed by atoms with Crippen LogP contribution in [0.25, 0.3) is 0 Å². The van der Waals surface area contributed by atoms with E-state index in [0.29, 0.717) is 23.7 Å². The third-order valence-electron chi connectivity index (χ3n) is 3.88. The fourth-order valence-electron chi connectivity index (χ4n) is 2.71. The molecule has 0 radical (unpaired) electrons. The van der Waals surface area contributed by atoms with E-state index in [1.807, 2.05) is 24.0 Å². The van der Waals surface area contributed by atoms with Gasteiger partial charge < -0.3 is 16.0 Å². The van der Waals surface area contributed by atoms with Crippen LogP contribution >= 0.6 is 11.6 Å². The van der Waals surface area contributed by atoms with Gasteiger partial charge in [0.05, 0.1) is 0 Å². The summed E-state index contributed by atoms with van der Waals surface area (Å²) in [5.74, 6) is 0. The Morgan fingerprint density at radius 2 is 1.90 bits per heavy atom. The first-order chi connectivity index (χ1) is 9.60. The Hall–Kier alpha value is -1.26. The summed E-state index contributed by atoms with van der Waals surface area (Å²) in [5.41, 5.74) is 6.69. The molecule has 0 aromatic heterocycles. The number of nitrogens with two attached hydrogens (primary N) is 1. The third kappa shape index (κ3) is 3.87. The molecule has 0 heterocycles. The van der Waals surface area contributed by atoms with Crippen LogP contribution in [0.2, 0.25) is 5.02 Å². The number of urea groups is 1. The number of carbonyl (C=O) groups is 1. The first-order valence-electron chi connectivity index (χ1n) is 7.19. The van der Waals surface area contributed by atoms with Gasteiger partial charge in [-0.15, -0.1) is 0 Å². The molecule has 20 heavy (non-hydrogen) atoms. The minimum Gasteiger partial charge on any atom is -0.328 e. The molecular formula is C15H22ClN3O. The number of nitrogens with zero attached hydrogens (tertiary/aromatic N) is 1. The Bertz CT molecular complexity index is 441. The monoisotopic (exact) mass is 295 g/mol. The topological polar surface area (TPSA) is 58.4 Å². The molecule has 0 aliphatic heterocycles. The lowest BCUT2D eigenvalue weighted by Crippen LogP contribution is -2.46. The maximum absolute atomic E-state index is 12.4. The van der Waals surface area contributed by atoms with Crippen LogP contribution in [0.15, 0.2) is 24.3 Å². The van der Waals surface area contributed by atoms with Gasteiger partial charge in [0.25, 0.3) is 0 Å². The molecule has 2 rings (SSSR count). The minimum atomic E-state index is -0.0460. The minimum absolute atomic E-state index is 0.0460. The Morgan fingerprint density at radius 1 is 1.30 bits per heavy atom. The van der Waals surface area contributed by atoms with Gasteiger partial charge in [-0.1, -0.05) is 11.6 Å². The SMILES string of the molecule is CCN(C(=O)Nc1ccc(Cl)cc1)C1CCC(N)CC1. The van der Waals surface area contributed by atoms with Gasteiger partial charge in [0, 0.05) is 29.3 Å². The van der Waals surface area contributed by atoms with Crippen LogP contribution in [0.3, 0.4) is 0 Å². The van der Waals surface area contributed by atoms with Gasteiger partial charge in [0.1, 0.15) is 0 Å². The standard InChI is InChI=1S/C15H22ClN3O/c1-2-19(14-9-5-12(17)6-10-14)15(20)18-13-7-3-11(16)4-8-13/h3-4,7-8,12,14H,2,5-6,9-10,17H2,1H3,(H,18,20). The summed E-state index contributed by atoms with van der Waals surface area (Å²) in [4.78, 5) is 14.3. The number of hydrogen-bond donors (Lipinski definition) is 2. The number of rotatable bonds is 3. The third-order valence-corrected chi connectivity index (χ3v) is 4.13. The average molecular weight is 296 g/mol. The van der Waals surface area contributed by atoms with E-state index in [1.165, 1.54) is 0 Å². The maximum atomic E-state index is 12.4. The van der Waals surface area contributed by atoms with Crippen LogP contribution in [0.5, 0.6) is 0 Å². The first-order valence-corrected chi connectivity index (χ1v) is 7.56. The van der Waals surface area contributed by atoms with Crippen molar-refractivity contribution in [3.8, 4) is 0 Å². The molecule has 0 atom stereocenters. The highest BCUT2D eigenvalue weighted by Gasteiger charge is 2.26. The molecule has 2 amide bonds. The molecular weight excluding hydrogens is 274 g/mol. The van der Waals surface area contributed by atoms with Crippen molar-refractivity contribution < 1.29 is 4.79 Å². The maximum Gasteiger partial charge on any atom is 0.322 e. The predicted molar refractivity (Wildman–Crippen MR) is 83.1 cm³/mol. The summed E-state index contributed by atoms with van der Waals surface area (Å²) in [6.45, 7) is 2.72. The predicted octanol–water partition coefficient (Wildman–Crippen LogP) is 3.46. The second kappa shape index (κ2) is 6.95. The lowest BCUT2D eigenvalue weighted by molar-refractivity contribution is 0.167.